The average Bonchev–Trinajstić information content (AvgIpc) is 3.05. The second kappa shape index (κ2) is 5.85. The normalized spacial score (nSPS) is 10.8. The van der Waals surface area contributed by atoms with Crippen LogP contribution in [0.2, 0.25) is 0 Å². The standard InChI is InChI=1S/C16H15N3O3/c1-2-19-14-11(5-3-7-17-14)9-13(16(19)21)15(20)18-10-12-6-4-8-22-12/h3-9H,2,10H2,1H3,(H,18,20). The van der Waals surface area contributed by atoms with E-state index in [1.165, 1.54) is 10.8 Å². The first-order valence-corrected chi connectivity index (χ1v) is 7.00. The van der Waals surface area contributed by atoms with E-state index in [0.717, 1.165) is 5.39 Å². The molecule has 3 rings (SSSR count). The molecular formula is C16H15N3O3. The van der Waals surface area contributed by atoms with Gasteiger partial charge in [0.05, 0.1) is 12.8 Å². The van der Waals surface area contributed by atoms with Gasteiger partial charge >= 0.3 is 0 Å². The Morgan fingerprint density at radius 2 is 2.23 bits per heavy atom. The summed E-state index contributed by atoms with van der Waals surface area (Å²) < 4.78 is 6.65. The highest BCUT2D eigenvalue weighted by Gasteiger charge is 2.15. The van der Waals surface area contributed by atoms with Crippen molar-refractivity contribution in [3.05, 3.63) is 64.5 Å². The van der Waals surface area contributed by atoms with Crippen LogP contribution >= 0.6 is 0 Å². The van der Waals surface area contributed by atoms with Gasteiger partial charge in [0.2, 0.25) is 0 Å². The fourth-order valence-electron chi connectivity index (χ4n) is 2.34. The number of aryl methyl sites for hydroxylation is 1. The van der Waals surface area contributed by atoms with Gasteiger partial charge in [0.15, 0.2) is 0 Å². The van der Waals surface area contributed by atoms with E-state index in [0.29, 0.717) is 18.0 Å². The molecule has 3 aromatic heterocycles. The summed E-state index contributed by atoms with van der Waals surface area (Å²) in [7, 11) is 0. The Balaban J connectivity index is 1.97. The Bertz CT molecular complexity index is 866. The van der Waals surface area contributed by atoms with Crippen molar-refractivity contribution in [2.75, 3.05) is 0 Å². The number of rotatable bonds is 4. The molecule has 0 atom stereocenters. The topological polar surface area (TPSA) is 77.1 Å². The Morgan fingerprint density at radius 1 is 1.36 bits per heavy atom. The van der Waals surface area contributed by atoms with Crippen LogP contribution in [-0.4, -0.2) is 15.5 Å². The lowest BCUT2D eigenvalue weighted by atomic mass is 10.2. The summed E-state index contributed by atoms with van der Waals surface area (Å²) in [5.41, 5.74) is 0.345. The molecule has 0 radical (unpaired) electrons. The third kappa shape index (κ3) is 2.50. The molecule has 0 aliphatic carbocycles. The van der Waals surface area contributed by atoms with E-state index >= 15 is 0 Å². The minimum absolute atomic E-state index is 0.105. The first-order valence-electron chi connectivity index (χ1n) is 7.00. The van der Waals surface area contributed by atoms with E-state index in [1.54, 1.807) is 30.5 Å². The SMILES string of the molecule is CCn1c(=O)c(C(=O)NCc2ccco2)cc2cccnc21. The molecule has 0 bridgehead atoms. The Morgan fingerprint density at radius 3 is 2.95 bits per heavy atom. The molecular weight excluding hydrogens is 282 g/mol. The van der Waals surface area contributed by atoms with Crippen LogP contribution in [0.5, 0.6) is 0 Å². The maximum Gasteiger partial charge on any atom is 0.265 e. The minimum Gasteiger partial charge on any atom is -0.467 e. The number of amides is 1. The smallest absolute Gasteiger partial charge is 0.265 e. The molecule has 0 spiro atoms. The number of hydrogen-bond acceptors (Lipinski definition) is 4. The second-order valence-corrected chi connectivity index (χ2v) is 4.79. The van der Waals surface area contributed by atoms with E-state index in [1.807, 2.05) is 13.0 Å². The van der Waals surface area contributed by atoms with Crippen molar-refractivity contribution >= 4 is 16.9 Å². The van der Waals surface area contributed by atoms with Gasteiger partial charge in [0.1, 0.15) is 17.0 Å². The van der Waals surface area contributed by atoms with Crippen molar-refractivity contribution in [2.45, 2.75) is 20.0 Å². The number of furan rings is 1. The lowest BCUT2D eigenvalue weighted by molar-refractivity contribution is 0.0946. The zero-order valence-electron chi connectivity index (χ0n) is 12.1. The fourth-order valence-corrected chi connectivity index (χ4v) is 2.34. The van der Waals surface area contributed by atoms with Gasteiger partial charge < -0.3 is 9.73 Å². The first-order chi connectivity index (χ1) is 10.7. The quantitative estimate of drug-likeness (QED) is 0.798. The molecule has 0 aliphatic heterocycles. The van der Waals surface area contributed by atoms with Crippen molar-refractivity contribution in [3.8, 4) is 0 Å². The van der Waals surface area contributed by atoms with Crippen molar-refractivity contribution in [3.63, 3.8) is 0 Å². The number of aromatic nitrogens is 2. The summed E-state index contributed by atoms with van der Waals surface area (Å²) in [6, 6.07) is 8.69. The van der Waals surface area contributed by atoms with Crippen molar-refractivity contribution in [1.29, 1.82) is 0 Å². The summed E-state index contributed by atoms with van der Waals surface area (Å²) in [5, 5.41) is 3.45. The summed E-state index contributed by atoms with van der Waals surface area (Å²) >= 11 is 0. The van der Waals surface area contributed by atoms with Crippen LogP contribution in [0.25, 0.3) is 11.0 Å². The number of hydrogen-bond donors (Lipinski definition) is 1. The molecule has 0 saturated heterocycles. The monoisotopic (exact) mass is 297 g/mol. The minimum atomic E-state index is -0.422. The van der Waals surface area contributed by atoms with Crippen molar-refractivity contribution in [1.82, 2.24) is 14.9 Å². The molecule has 0 aliphatic rings. The molecule has 1 N–H and O–H groups in total. The highest BCUT2D eigenvalue weighted by molar-refractivity contribution is 5.96. The lowest BCUT2D eigenvalue weighted by Gasteiger charge is -2.10. The van der Waals surface area contributed by atoms with Gasteiger partial charge in [-0.25, -0.2) is 4.98 Å². The lowest BCUT2D eigenvalue weighted by Crippen LogP contribution is -2.33. The fraction of sp³-hybridized carbons (Fsp3) is 0.188. The number of nitrogens with zero attached hydrogens (tertiary/aromatic N) is 2. The third-order valence-electron chi connectivity index (χ3n) is 3.41. The van der Waals surface area contributed by atoms with E-state index in [9.17, 15) is 9.59 Å². The van der Waals surface area contributed by atoms with Gasteiger partial charge in [-0.15, -0.1) is 0 Å². The average molecular weight is 297 g/mol. The predicted molar refractivity (Wildman–Crippen MR) is 81.6 cm³/mol. The molecule has 112 valence electrons. The predicted octanol–water partition coefficient (Wildman–Crippen LogP) is 1.94. The van der Waals surface area contributed by atoms with Gasteiger partial charge in [-0.05, 0) is 37.3 Å². The molecule has 1 amide bonds. The number of carbonyl (C=O) groups is 1. The van der Waals surface area contributed by atoms with Gasteiger partial charge in [0, 0.05) is 18.1 Å². The Labute approximate surface area is 126 Å². The third-order valence-corrected chi connectivity index (χ3v) is 3.41. The summed E-state index contributed by atoms with van der Waals surface area (Å²) in [5.74, 6) is 0.209. The molecule has 22 heavy (non-hydrogen) atoms. The number of fused-ring (bicyclic) bond motifs is 1. The zero-order chi connectivity index (χ0) is 15.5. The molecule has 0 saturated carbocycles. The van der Waals surface area contributed by atoms with Crippen LogP contribution in [0.3, 0.4) is 0 Å². The van der Waals surface area contributed by atoms with Crippen LogP contribution in [0.15, 0.2) is 52.0 Å². The number of nitrogens with one attached hydrogen (secondary N) is 1. The van der Waals surface area contributed by atoms with E-state index in [2.05, 4.69) is 10.3 Å². The second-order valence-electron chi connectivity index (χ2n) is 4.79. The number of carbonyl (C=O) groups excluding carboxylic acids is 1. The first kappa shape index (κ1) is 14.1. The highest BCUT2D eigenvalue weighted by atomic mass is 16.3. The van der Waals surface area contributed by atoms with Crippen molar-refractivity contribution < 1.29 is 9.21 Å². The number of pyridine rings is 2. The molecule has 0 aromatic carbocycles. The van der Waals surface area contributed by atoms with Crippen LogP contribution in [0.4, 0.5) is 0 Å². The largest absolute Gasteiger partial charge is 0.467 e. The van der Waals surface area contributed by atoms with Crippen molar-refractivity contribution in [2.24, 2.45) is 0 Å². The maximum absolute atomic E-state index is 12.5. The van der Waals surface area contributed by atoms with Gasteiger partial charge in [-0.2, -0.15) is 0 Å². The molecule has 6 heteroatoms. The summed E-state index contributed by atoms with van der Waals surface area (Å²) in [6.07, 6.45) is 3.16. The summed E-state index contributed by atoms with van der Waals surface area (Å²) in [6.45, 7) is 2.54. The molecule has 6 nitrogen and oxygen atoms in total. The Kier molecular flexibility index (Phi) is 3.74. The van der Waals surface area contributed by atoms with Crippen LogP contribution < -0.4 is 10.9 Å². The molecule has 3 aromatic rings. The van der Waals surface area contributed by atoms with E-state index in [4.69, 9.17) is 4.42 Å². The van der Waals surface area contributed by atoms with Gasteiger partial charge in [-0.1, -0.05) is 0 Å². The van der Waals surface area contributed by atoms with E-state index in [-0.39, 0.29) is 17.7 Å². The van der Waals surface area contributed by atoms with E-state index < -0.39 is 5.91 Å². The van der Waals surface area contributed by atoms with Crippen LogP contribution in [0.1, 0.15) is 23.0 Å². The molecule has 0 unspecified atom stereocenters. The highest BCUT2D eigenvalue weighted by Crippen LogP contribution is 2.11. The molecule has 3 heterocycles. The Hall–Kier alpha value is -2.89. The zero-order valence-corrected chi connectivity index (χ0v) is 12.1. The van der Waals surface area contributed by atoms with Gasteiger partial charge in [0.25, 0.3) is 11.5 Å². The van der Waals surface area contributed by atoms with Crippen LogP contribution in [0, 0.1) is 0 Å². The summed E-state index contributed by atoms with van der Waals surface area (Å²) in [4.78, 5) is 29.0. The van der Waals surface area contributed by atoms with Crippen LogP contribution in [-0.2, 0) is 13.1 Å². The molecule has 0 fully saturated rings. The van der Waals surface area contributed by atoms with Gasteiger partial charge in [-0.3, -0.25) is 14.2 Å². The maximum atomic E-state index is 12.5.